The molecule has 1 saturated heterocycles. The summed E-state index contributed by atoms with van der Waals surface area (Å²) < 4.78 is 26.2. The topological polar surface area (TPSA) is 57.6 Å². The van der Waals surface area contributed by atoms with Crippen LogP contribution in [0.4, 0.5) is 0 Å². The molecular formula is C12H17NO3S. The molecule has 0 radical (unpaired) electrons. The van der Waals surface area contributed by atoms with Gasteiger partial charge in [0.25, 0.3) is 0 Å². The summed E-state index contributed by atoms with van der Waals surface area (Å²) in [4.78, 5) is 0.374. The predicted molar refractivity (Wildman–Crippen MR) is 65.1 cm³/mol. The molecule has 4 nitrogen and oxygen atoms in total. The summed E-state index contributed by atoms with van der Waals surface area (Å²) in [6.45, 7) is 2.78. The lowest BCUT2D eigenvalue weighted by Gasteiger charge is -2.17. The third-order valence-corrected chi connectivity index (χ3v) is 5.24. The molecule has 0 amide bonds. The summed E-state index contributed by atoms with van der Waals surface area (Å²) in [7, 11) is -3.39. The Labute approximate surface area is 102 Å². The minimum Gasteiger partial charge on any atom is -0.396 e. The highest BCUT2D eigenvalue weighted by Crippen LogP contribution is 2.25. The molecule has 2 rings (SSSR count). The molecule has 0 saturated carbocycles. The van der Waals surface area contributed by atoms with Crippen LogP contribution in [0.2, 0.25) is 0 Å². The van der Waals surface area contributed by atoms with E-state index in [1.54, 1.807) is 25.1 Å². The van der Waals surface area contributed by atoms with E-state index in [0.717, 1.165) is 12.0 Å². The number of rotatable bonds is 3. The van der Waals surface area contributed by atoms with Gasteiger partial charge in [0.1, 0.15) is 0 Å². The van der Waals surface area contributed by atoms with E-state index in [0.29, 0.717) is 18.0 Å². The zero-order chi connectivity index (χ0) is 12.5. The van der Waals surface area contributed by atoms with Gasteiger partial charge in [0.05, 0.1) is 4.90 Å². The van der Waals surface area contributed by atoms with E-state index in [9.17, 15) is 8.42 Å². The smallest absolute Gasteiger partial charge is 0.243 e. The molecule has 5 heteroatoms. The number of aliphatic hydroxyl groups is 1. The molecule has 1 unspecified atom stereocenters. The molecule has 94 valence electrons. The molecule has 1 aromatic rings. The first-order valence-corrected chi connectivity index (χ1v) is 7.16. The molecule has 0 spiro atoms. The predicted octanol–water partition coefficient (Wildman–Crippen LogP) is 0.998. The molecule has 0 aliphatic carbocycles. The van der Waals surface area contributed by atoms with Gasteiger partial charge in [0.2, 0.25) is 10.0 Å². The average Bonchev–Trinajstić information content (AvgIpc) is 2.78. The zero-order valence-electron chi connectivity index (χ0n) is 9.83. The lowest BCUT2D eigenvalue weighted by atomic mass is 10.1. The molecule has 1 aliphatic rings. The Bertz CT molecular complexity index is 498. The molecule has 1 heterocycles. The van der Waals surface area contributed by atoms with Crippen LogP contribution in [0.5, 0.6) is 0 Å². The Kier molecular flexibility index (Phi) is 3.51. The van der Waals surface area contributed by atoms with E-state index in [2.05, 4.69) is 0 Å². The summed E-state index contributed by atoms with van der Waals surface area (Å²) in [6, 6.07) is 7.00. The third-order valence-electron chi connectivity index (χ3n) is 3.22. The van der Waals surface area contributed by atoms with Crippen LogP contribution < -0.4 is 0 Å². The maximum Gasteiger partial charge on any atom is 0.243 e. The van der Waals surface area contributed by atoms with Crippen LogP contribution in [0, 0.1) is 12.8 Å². The van der Waals surface area contributed by atoms with Crippen molar-refractivity contribution in [2.75, 3.05) is 19.7 Å². The SMILES string of the molecule is Cc1ccccc1S(=O)(=O)N1CCC(CO)C1. The number of aryl methyl sites for hydroxylation is 1. The second-order valence-corrected chi connectivity index (χ2v) is 6.37. The molecular weight excluding hydrogens is 238 g/mol. The lowest BCUT2D eigenvalue weighted by Crippen LogP contribution is -2.29. The van der Waals surface area contributed by atoms with E-state index in [4.69, 9.17) is 5.11 Å². The van der Waals surface area contributed by atoms with Crippen LogP contribution in [-0.4, -0.2) is 37.5 Å². The molecule has 1 aliphatic heterocycles. The maximum absolute atomic E-state index is 12.4. The lowest BCUT2D eigenvalue weighted by molar-refractivity contribution is 0.233. The van der Waals surface area contributed by atoms with Crippen LogP contribution in [0.3, 0.4) is 0 Å². The third kappa shape index (κ3) is 2.36. The summed E-state index contributed by atoms with van der Waals surface area (Å²) in [5, 5.41) is 9.05. The van der Waals surface area contributed by atoms with Crippen molar-refractivity contribution in [2.45, 2.75) is 18.2 Å². The van der Waals surface area contributed by atoms with Gasteiger partial charge in [-0.3, -0.25) is 0 Å². The summed E-state index contributed by atoms with van der Waals surface area (Å²) in [5.41, 5.74) is 0.764. The van der Waals surface area contributed by atoms with E-state index in [1.807, 2.05) is 6.07 Å². The first-order chi connectivity index (χ1) is 8.05. The van der Waals surface area contributed by atoms with Crippen molar-refractivity contribution in [2.24, 2.45) is 5.92 Å². The van der Waals surface area contributed by atoms with Crippen molar-refractivity contribution < 1.29 is 13.5 Å². The van der Waals surface area contributed by atoms with Crippen LogP contribution in [0.15, 0.2) is 29.2 Å². The van der Waals surface area contributed by atoms with Gasteiger partial charge in [-0.2, -0.15) is 4.31 Å². The van der Waals surface area contributed by atoms with Gasteiger partial charge in [-0.1, -0.05) is 18.2 Å². The van der Waals surface area contributed by atoms with Gasteiger partial charge < -0.3 is 5.11 Å². The molecule has 17 heavy (non-hydrogen) atoms. The van der Waals surface area contributed by atoms with Crippen LogP contribution in [0.25, 0.3) is 0 Å². The minimum atomic E-state index is -3.39. The van der Waals surface area contributed by atoms with Crippen molar-refractivity contribution >= 4 is 10.0 Å². The quantitative estimate of drug-likeness (QED) is 0.876. The van der Waals surface area contributed by atoms with Crippen LogP contribution in [-0.2, 0) is 10.0 Å². The number of sulfonamides is 1. The van der Waals surface area contributed by atoms with Crippen LogP contribution in [0.1, 0.15) is 12.0 Å². The second kappa shape index (κ2) is 4.76. The van der Waals surface area contributed by atoms with E-state index in [-0.39, 0.29) is 12.5 Å². The highest BCUT2D eigenvalue weighted by Gasteiger charge is 2.32. The molecule has 1 aromatic carbocycles. The first kappa shape index (κ1) is 12.5. The van der Waals surface area contributed by atoms with Gasteiger partial charge in [-0.25, -0.2) is 8.42 Å². The van der Waals surface area contributed by atoms with Gasteiger partial charge in [-0.05, 0) is 30.9 Å². The number of hydrogen-bond acceptors (Lipinski definition) is 3. The highest BCUT2D eigenvalue weighted by molar-refractivity contribution is 7.89. The Hall–Kier alpha value is -0.910. The number of aliphatic hydroxyl groups excluding tert-OH is 1. The van der Waals surface area contributed by atoms with Crippen molar-refractivity contribution in [1.29, 1.82) is 0 Å². The van der Waals surface area contributed by atoms with E-state index in [1.165, 1.54) is 4.31 Å². The highest BCUT2D eigenvalue weighted by atomic mass is 32.2. The molecule has 1 atom stereocenters. The van der Waals surface area contributed by atoms with Crippen molar-refractivity contribution in [3.05, 3.63) is 29.8 Å². The monoisotopic (exact) mass is 255 g/mol. The van der Waals surface area contributed by atoms with Crippen molar-refractivity contribution in [3.8, 4) is 0 Å². The average molecular weight is 255 g/mol. The first-order valence-electron chi connectivity index (χ1n) is 5.72. The number of nitrogens with zero attached hydrogens (tertiary/aromatic N) is 1. The Balaban J connectivity index is 2.29. The normalized spacial score (nSPS) is 21.9. The Morgan fingerprint density at radius 2 is 2.12 bits per heavy atom. The van der Waals surface area contributed by atoms with Gasteiger partial charge in [0, 0.05) is 19.7 Å². The number of hydrogen-bond donors (Lipinski definition) is 1. The standard InChI is InChI=1S/C12H17NO3S/c1-10-4-2-3-5-12(10)17(15,16)13-7-6-11(8-13)9-14/h2-5,11,14H,6-9H2,1H3. The van der Waals surface area contributed by atoms with Gasteiger partial charge in [0.15, 0.2) is 0 Å². The number of benzene rings is 1. The fourth-order valence-electron chi connectivity index (χ4n) is 2.15. The fraction of sp³-hybridized carbons (Fsp3) is 0.500. The molecule has 1 fully saturated rings. The Morgan fingerprint density at radius 1 is 1.41 bits per heavy atom. The van der Waals surface area contributed by atoms with Gasteiger partial charge in [-0.15, -0.1) is 0 Å². The minimum absolute atomic E-state index is 0.0553. The van der Waals surface area contributed by atoms with Crippen molar-refractivity contribution in [3.63, 3.8) is 0 Å². The summed E-state index contributed by atoms with van der Waals surface area (Å²) >= 11 is 0. The summed E-state index contributed by atoms with van der Waals surface area (Å²) in [6.07, 6.45) is 0.738. The maximum atomic E-state index is 12.4. The van der Waals surface area contributed by atoms with Gasteiger partial charge >= 0.3 is 0 Å². The molecule has 1 N–H and O–H groups in total. The van der Waals surface area contributed by atoms with E-state index >= 15 is 0 Å². The largest absolute Gasteiger partial charge is 0.396 e. The Morgan fingerprint density at radius 3 is 2.71 bits per heavy atom. The van der Waals surface area contributed by atoms with E-state index < -0.39 is 10.0 Å². The van der Waals surface area contributed by atoms with Crippen LogP contribution >= 0.6 is 0 Å². The zero-order valence-corrected chi connectivity index (χ0v) is 10.7. The summed E-state index contributed by atoms with van der Waals surface area (Å²) in [5.74, 6) is 0.0776. The second-order valence-electron chi connectivity index (χ2n) is 4.47. The fourth-order valence-corrected chi connectivity index (χ4v) is 3.91. The molecule has 0 aromatic heterocycles. The van der Waals surface area contributed by atoms with Crippen molar-refractivity contribution in [1.82, 2.24) is 4.31 Å². The molecule has 0 bridgehead atoms.